The Labute approximate surface area is 120 Å². The van der Waals surface area contributed by atoms with Crippen molar-refractivity contribution in [1.82, 2.24) is 5.32 Å². The summed E-state index contributed by atoms with van der Waals surface area (Å²) in [6.07, 6.45) is -2.18. The summed E-state index contributed by atoms with van der Waals surface area (Å²) in [5, 5.41) is 3.93. The molecule has 1 aromatic rings. The third-order valence-corrected chi connectivity index (χ3v) is 3.69. The van der Waals surface area contributed by atoms with Crippen molar-refractivity contribution in [2.75, 3.05) is 0 Å². The van der Waals surface area contributed by atoms with Crippen molar-refractivity contribution in [2.24, 2.45) is 0 Å². The quantitative estimate of drug-likeness (QED) is 0.891. The van der Waals surface area contributed by atoms with E-state index in [4.69, 9.17) is 11.6 Å². The molecule has 20 heavy (non-hydrogen) atoms. The summed E-state index contributed by atoms with van der Waals surface area (Å²) in [7, 11) is 0. The number of hydrogen-bond donors (Lipinski definition) is 1. The van der Waals surface area contributed by atoms with Crippen LogP contribution in [0.25, 0.3) is 0 Å². The Hall–Kier alpha value is -1.36. The van der Waals surface area contributed by atoms with Crippen LogP contribution >= 0.6 is 11.6 Å². The van der Waals surface area contributed by atoms with Crippen LogP contribution in [0.1, 0.15) is 30.4 Å². The second-order valence-electron chi connectivity index (χ2n) is 4.93. The molecule has 6 heteroatoms. The molecule has 2 nitrogen and oxygen atoms in total. The smallest absolute Gasteiger partial charge is 0.406 e. The first-order valence-electron chi connectivity index (χ1n) is 6.23. The lowest BCUT2D eigenvalue weighted by molar-refractivity contribution is -0.274. The molecule has 0 aliphatic carbocycles. The molecule has 0 bridgehead atoms. The second-order valence-corrected chi connectivity index (χ2v) is 5.42. The van der Waals surface area contributed by atoms with Crippen molar-refractivity contribution in [3.05, 3.63) is 40.6 Å². The molecular weight excluding hydrogens is 291 g/mol. The van der Waals surface area contributed by atoms with Gasteiger partial charge in [0.1, 0.15) is 5.75 Å². The zero-order chi connectivity index (χ0) is 14.9. The minimum Gasteiger partial charge on any atom is -0.406 e. The minimum absolute atomic E-state index is 0.140. The zero-order valence-corrected chi connectivity index (χ0v) is 11.8. The summed E-state index contributed by atoms with van der Waals surface area (Å²) in [6, 6.07) is 4.90. The lowest BCUT2D eigenvalue weighted by atomic mass is 9.91. The van der Waals surface area contributed by atoms with Crippen LogP contribution in [0.15, 0.2) is 29.4 Å². The fourth-order valence-electron chi connectivity index (χ4n) is 2.27. The number of hydrogen-bond acceptors (Lipinski definition) is 2. The molecule has 110 valence electrons. The van der Waals surface area contributed by atoms with Gasteiger partial charge in [-0.3, -0.25) is 0 Å². The lowest BCUT2D eigenvalue weighted by Gasteiger charge is -2.21. The van der Waals surface area contributed by atoms with Gasteiger partial charge in [0.15, 0.2) is 0 Å². The van der Waals surface area contributed by atoms with Crippen molar-refractivity contribution in [3.8, 4) is 5.75 Å². The largest absolute Gasteiger partial charge is 0.573 e. The first kappa shape index (κ1) is 15.0. The van der Waals surface area contributed by atoms with Gasteiger partial charge in [0.2, 0.25) is 0 Å². The van der Waals surface area contributed by atoms with E-state index >= 15 is 0 Å². The molecule has 0 aromatic heterocycles. The molecule has 0 fully saturated rings. The Morgan fingerprint density at radius 1 is 1.40 bits per heavy atom. The number of benzene rings is 1. The fourth-order valence-corrected chi connectivity index (χ4v) is 2.50. The number of rotatable bonds is 3. The molecule has 1 aliphatic rings. The van der Waals surface area contributed by atoms with Crippen LogP contribution in [-0.4, -0.2) is 12.4 Å². The highest BCUT2D eigenvalue weighted by Gasteiger charge is 2.32. The highest BCUT2D eigenvalue weighted by atomic mass is 35.5. The number of ether oxygens (including phenoxy) is 1. The topological polar surface area (TPSA) is 21.3 Å². The van der Waals surface area contributed by atoms with E-state index in [0.29, 0.717) is 5.56 Å². The molecule has 0 spiro atoms. The average Bonchev–Trinajstić information content (AvgIpc) is 2.76. The van der Waals surface area contributed by atoms with E-state index in [-0.39, 0.29) is 17.7 Å². The van der Waals surface area contributed by atoms with Gasteiger partial charge in [-0.25, -0.2) is 0 Å². The summed E-state index contributed by atoms with van der Waals surface area (Å²) < 4.78 is 40.6. The first-order chi connectivity index (χ1) is 9.26. The Morgan fingerprint density at radius 3 is 2.60 bits per heavy atom. The SMILES string of the molecule is Cc1cc(C(C)C2CC(Cl)=CN2)ccc1OC(F)(F)F. The van der Waals surface area contributed by atoms with Crippen LogP contribution in [0.2, 0.25) is 0 Å². The van der Waals surface area contributed by atoms with E-state index in [9.17, 15) is 13.2 Å². The van der Waals surface area contributed by atoms with Crippen molar-refractivity contribution in [3.63, 3.8) is 0 Å². The third-order valence-electron chi connectivity index (χ3n) is 3.42. The van der Waals surface area contributed by atoms with Gasteiger partial charge in [-0.15, -0.1) is 13.2 Å². The number of nitrogens with one attached hydrogen (secondary N) is 1. The molecule has 1 aliphatic heterocycles. The van der Waals surface area contributed by atoms with Crippen LogP contribution in [0.4, 0.5) is 13.2 Å². The van der Waals surface area contributed by atoms with Gasteiger partial charge in [-0.2, -0.15) is 0 Å². The maximum absolute atomic E-state index is 12.2. The molecule has 0 amide bonds. The molecule has 1 aromatic carbocycles. The molecule has 2 unspecified atom stereocenters. The maximum Gasteiger partial charge on any atom is 0.573 e. The Bertz CT molecular complexity index is 528. The number of halogens is 4. The van der Waals surface area contributed by atoms with Crippen molar-refractivity contribution in [1.29, 1.82) is 0 Å². The van der Waals surface area contributed by atoms with Crippen molar-refractivity contribution >= 4 is 11.6 Å². The maximum atomic E-state index is 12.2. The summed E-state index contributed by atoms with van der Waals surface area (Å²) in [6.45, 7) is 3.62. The van der Waals surface area contributed by atoms with E-state index in [1.54, 1.807) is 25.3 Å². The molecule has 1 N–H and O–H groups in total. The van der Waals surface area contributed by atoms with Gasteiger partial charge in [-0.1, -0.05) is 30.7 Å². The van der Waals surface area contributed by atoms with E-state index in [1.165, 1.54) is 6.07 Å². The zero-order valence-electron chi connectivity index (χ0n) is 11.1. The van der Waals surface area contributed by atoms with Gasteiger partial charge >= 0.3 is 6.36 Å². The van der Waals surface area contributed by atoms with Crippen molar-refractivity contribution < 1.29 is 17.9 Å². The standard InChI is InChI=1S/C14H15ClF3NO/c1-8-5-10(3-4-13(8)20-14(16,17)18)9(2)12-6-11(15)7-19-12/h3-5,7,9,12,19H,6H2,1-2H3. The molecular formula is C14H15ClF3NO. The number of alkyl halides is 3. The van der Waals surface area contributed by atoms with Crippen LogP contribution in [-0.2, 0) is 0 Å². The molecule has 0 saturated carbocycles. The van der Waals surface area contributed by atoms with E-state index < -0.39 is 6.36 Å². The lowest BCUT2D eigenvalue weighted by Crippen LogP contribution is -2.25. The van der Waals surface area contributed by atoms with Crippen LogP contribution in [0, 0.1) is 6.92 Å². The third kappa shape index (κ3) is 3.60. The highest BCUT2D eigenvalue weighted by Crippen LogP contribution is 2.32. The average molecular weight is 306 g/mol. The van der Waals surface area contributed by atoms with Crippen molar-refractivity contribution in [2.45, 2.75) is 38.6 Å². The Morgan fingerprint density at radius 2 is 2.10 bits per heavy atom. The van der Waals surface area contributed by atoms with Crippen LogP contribution < -0.4 is 10.1 Å². The van der Waals surface area contributed by atoms with Crippen LogP contribution in [0.5, 0.6) is 5.75 Å². The van der Waals surface area contributed by atoms with E-state index in [2.05, 4.69) is 10.1 Å². The Kier molecular flexibility index (Phi) is 4.18. The number of aryl methyl sites for hydroxylation is 1. The fraction of sp³-hybridized carbons (Fsp3) is 0.429. The second kappa shape index (κ2) is 5.56. The van der Waals surface area contributed by atoms with Gasteiger partial charge in [0, 0.05) is 29.6 Å². The first-order valence-corrected chi connectivity index (χ1v) is 6.61. The molecule has 2 rings (SSSR count). The van der Waals surface area contributed by atoms with Gasteiger partial charge in [0.05, 0.1) is 0 Å². The summed E-state index contributed by atoms with van der Waals surface area (Å²) in [5.74, 6) is -0.0230. The minimum atomic E-state index is -4.66. The summed E-state index contributed by atoms with van der Waals surface area (Å²) >= 11 is 5.92. The molecule has 2 atom stereocenters. The predicted molar refractivity (Wildman–Crippen MR) is 71.8 cm³/mol. The normalized spacial score (nSPS) is 20.3. The molecule has 0 saturated heterocycles. The van der Waals surface area contributed by atoms with E-state index in [0.717, 1.165) is 17.0 Å². The van der Waals surface area contributed by atoms with E-state index in [1.807, 2.05) is 6.92 Å². The highest BCUT2D eigenvalue weighted by molar-refractivity contribution is 6.29. The molecule has 1 heterocycles. The molecule has 0 radical (unpaired) electrons. The monoisotopic (exact) mass is 305 g/mol. The van der Waals surface area contributed by atoms with Crippen LogP contribution in [0.3, 0.4) is 0 Å². The van der Waals surface area contributed by atoms with Gasteiger partial charge in [0.25, 0.3) is 0 Å². The van der Waals surface area contributed by atoms with Gasteiger partial charge < -0.3 is 10.1 Å². The predicted octanol–water partition coefficient (Wildman–Crippen LogP) is 4.44. The summed E-state index contributed by atoms with van der Waals surface area (Å²) in [4.78, 5) is 0. The van der Waals surface area contributed by atoms with Gasteiger partial charge in [-0.05, 0) is 24.1 Å². The summed E-state index contributed by atoms with van der Waals surface area (Å²) in [5.41, 5.74) is 1.41. The Balaban J connectivity index is 2.12.